The summed E-state index contributed by atoms with van der Waals surface area (Å²) in [5, 5.41) is 10.3. The van der Waals surface area contributed by atoms with Crippen molar-refractivity contribution in [1.29, 1.82) is 5.26 Å². The SMILES string of the molecule is N#Cc1csc([C@H]2CO2)c1. The molecule has 1 aliphatic rings. The third-order valence-corrected chi connectivity index (χ3v) is 2.42. The first-order valence-electron chi connectivity index (χ1n) is 3.00. The first kappa shape index (κ1) is 5.90. The molecule has 10 heavy (non-hydrogen) atoms. The highest BCUT2D eigenvalue weighted by Crippen LogP contribution is 2.33. The van der Waals surface area contributed by atoms with Crippen molar-refractivity contribution < 1.29 is 4.74 Å². The average molecular weight is 151 g/mol. The number of thiophene rings is 1. The molecule has 0 saturated carbocycles. The Hall–Kier alpha value is -0.850. The predicted molar refractivity (Wildman–Crippen MR) is 37.7 cm³/mol. The van der Waals surface area contributed by atoms with Crippen LogP contribution in [0, 0.1) is 11.3 Å². The van der Waals surface area contributed by atoms with Gasteiger partial charge in [-0.2, -0.15) is 5.26 Å². The second-order valence-electron chi connectivity index (χ2n) is 2.17. The lowest BCUT2D eigenvalue weighted by molar-refractivity contribution is 0.418. The van der Waals surface area contributed by atoms with Crippen molar-refractivity contribution in [3.63, 3.8) is 0 Å². The van der Waals surface area contributed by atoms with Gasteiger partial charge in [-0.15, -0.1) is 11.3 Å². The molecule has 0 spiro atoms. The van der Waals surface area contributed by atoms with E-state index in [1.807, 2.05) is 11.4 Å². The maximum absolute atomic E-state index is 8.47. The summed E-state index contributed by atoms with van der Waals surface area (Å²) < 4.78 is 5.05. The molecular weight excluding hydrogens is 146 g/mol. The van der Waals surface area contributed by atoms with Crippen LogP contribution in [0.1, 0.15) is 16.5 Å². The van der Waals surface area contributed by atoms with Crippen LogP contribution < -0.4 is 0 Å². The number of hydrogen-bond acceptors (Lipinski definition) is 3. The molecule has 0 amide bonds. The van der Waals surface area contributed by atoms with Gasteiger partial charge in [-0.1, -0.05) is 0 Å². The third-order valence-electron chi connectivity index (χ3n) is 1.40. The fraction of sp³-hybridized carbons (Fsp3) is 0.286. The lowest BCUT2D eigenvalue weighted by atomic mass is 10.3. The van der Waals surface area contributed by atoms with Gasteiger partial charge in [0.15, 0.2) is 0 Å². The molecule has 1 saturated heterocycles. The molecule has 0 aromatic carbocycles. The molecule has 2 nitrogen and oxygen atoms in total. The van der Waals surface area contributed by atoms with E-state index in [-0.39, 0.29) is 0 Å². The number of ether oxygens (including phenoxy) is 1. The molecule has 3 heteroatoms. The van der Waals surface area contributed by atoms with Crippen molar-refractivity contribution in [3.05, 3.63) is 21.9 Å². The number of rotatable bonds is 1. The number of epoxide rings is 1. The number of nitriles is 1. The molecule has 1 aliphatic heterocycles. The van der Waals surface area contributed by atoms with E-state index in [1.165, 1.54) is 4.88 Å². The topological polar surface area (TPSA) is 36.3 Å². The minimum atomic E-state index is 0.298. The summed E-state index contributed by atoms with van der Waals surface area (Å²) in [6.45, 7) is 0.825. The van der Waals surface area contributed by atoms with Crippen LogP contribution in [0.25, 0.3) is 0 Å². The van der Waals surface area contributed by atoms with Crippen LogP contribution in [-0.2, 0) is 4.74 Å². The number of hydrogen-bond donors (Lipinski definition) is 0. The van der Waals surface area contributed by atoms with Gasteiger partial charge in [0.05, 0.1) is 12.2 Å². The average Bonchev–Trinajstić information content (AvgIpc) is 2.70. The van der Waals surface area contributed by atoms with Crippen molar-refractivity contribution in [3.8, 4) is 6.07 Å². The quantitative estimate of drug-likeness (QED) is 0.572. The van der Waals surface area contributed by atoms with Gasteiger partial charge in [-0.25, -0.2) is 0 Å². The van der Waals surface area contributed by atoms with Crippen LogP contribution in [0.4, 0.5) is 0 Å². The summed E-state index contributed by atoms with van der Waals surface area (Å²) in [6.07, 6.45) is 0.298. The molecule has 1 aromatic rings. The Bertz CT molecular complexity index is 282. The van der Waals surface area contributed by atoms with E-state index in [0.29, 0.717) is 6.10 Å². The summed E-state index contributed by atoms with van der Waals surface area (Å²) in [7, 11) is 0. The Morgan fingerprint density at radius 2 is 2.60 bits per heavy atom. The van der Waals surface area contributed by atoms with Crippen molar-refractivity contribution in [2.45, 2.75) is 6.10 Å². The fourth-order valence-corrected chi connectivity index (χ4v) is 1.66. The Labute approximate surface area is 62.7 Å². The van der Waals surface area contributed by atoms with Gasteiger partial charge in [-0.05, 0) is 6.07 Å². The Morgan fingerprint density at radius 3 is 3.10 bits per heavy atom. The molecule has 0 radical (unpaired) electrons. The summed E-state index contributed by atoms with van der Waals surface area (Å²) in [5.74, 6) is 0. The van der Waals surface area contributed by atoms with Crippen LogP contribution in [0.2, 0.25) is 0 Å². The minimum Gasteiger partial charge on any atom is -0.367 e. The Kier molecular flexibility index (Phi) is 1.23. The second-order valence-corrected chi connectivity index (χ2v) is 3.11. The van der Waals surface area contributed by atoms with E-state index in [4.69, 9.17) is 10.00 Å². The van der Waals surface area contributed by atoms with Gasteiger partial charge in [-0.3, -0.25) is 0 Å². The predicted octanol–water partition coefficient (Wildman–Crippen LogP) is 1.69. The van der Waals surface area contributed by atoms with Crippen molar-refractivity contribution in [2.24, 2.45) is 0 Å². The molecule has 1 aromatic heterocycles. The summed E-state index contributed by atoms with van der Waals surface area (Å²) in [6, 6.07) is 3.98. The summed E-state index contributed by atoms with van der Waals surface area (Å²) >= 11 is 1.60. The molecular formula is C7H5NOS. The molecule has 50 valence electrons. The van der Waals surface area contributed by atoms with Crippen LogP contribution in [-0.4, -0.2) is 6.61 Å². The van der Waals surface area contributed by atoms with Gasteiger partial charge >= 0.3 is 0 Å². The normalized spacial score (nSPS) is 22.1. The first-order valence-corrected chi connectivity index (χ1v) is 3.88. The zero-order valence-electron chi connectivity index (χ0n) is 5.20. The van der Waals surface area contributed by atoms with E-state index in [2.05, 4.69) is 6.07 Å². The number of nitrogens with zero attached hydrogens (tertiary/aromatic N) is 1. The molecule has 0 bridgehead atoms. The molecule has 2 heterocycles. The zero-order chi connectivity index (χ0) is 6.97. The highest BCUT2D eigenvalue weighted by atomic mass is 32.1. The summed E-state index contributed by atoms with van der Waals surface area (Å²) in [5.41, 5.74) is 0.746. The van der Waals surface area contributed by atoms with Crippen LogP contribution in [0.3, 0.4) is 0 Å². The van der Waals surface area contributed by atoms with E-state index >= 15 is 0 Å². The van der Waals surface area contributed by atoms with Gasteiger partial charge in [0.25, 0.3) is 0 Å². The molecule has 0 aliphatic carbocycles. The third kappa shape index (κ3) is 0.919. The Morgan fingerprint density at radius 1 is 1.80 bits per heavy atom. The lowest BCUT2D eigenvalue weighted by Gasteiger charge is -1.79. The highest BCUT2D eigenvalue weighted by Gasteiger charge is 2.26. The molecule has 0 unspecified atom stereocenters. The Balaban J connectivity index is 2.29. The zero-order valence-corrected chi connectivity index (χ0v) is 6.02. The second kappa shape index (κ2) is 2.08. The molecule has 0 N–H and O–H groups in total. The van der Waals surface area contributed by atoms with Gasteiger partial charge in [0.1, 0.15) is 12.2 Å². The first-order chi connectivity index (χ1) is 4.90. The standard InChI is InChI=1S/C7H5NOS/c8-2-5-1-7(10-4-5)6-3-9-6/h1,4,6H,3H2/t6-/m1/s1. The van der Waals surface area contributed by atoms with E-state index in [1.54, 1.807) is 11.3 Å². The maximum atomic E-state index is 8.47. The monoisotopic (exact) mass is 151 g/mol. The van der Waals surface area contributed by atoms with Gasteiger partial charge < -0.3 is 4.74 Å². The summed E-state index contributed by atoms with van der Waals surface area (Å²) in [4.78, 5) is 1.18. The van der Waals surface area contributed by atoms with Gasteiger partial charge in [0, 0.05) is 10.3 Å². The molecule has 2 rings (SSSR count). The van der Waals surface area contributed by atoms with Crippen molar-refractivity contribution in [1.82, 2.24) is 0 Å². The van der Waals surface area contributed by atoms with Gasteiger partial charge in [0.2, 0.25) is 0 Å². The molecule has 1 atom stereocenters. The largest absolute Gasteiger partial charge is 0.367 e. The van der Waals surface area contributed by atoms with E-state index < -0.39 is 0 Å². The van der Waals surface area contributed by atoms with Crippen LogP contribution in [0.15, 0.2) is 11.4 Å². The van der Waals surface area contributed by atoms with Crippen molar-refractivity contribution in [2.75, 3.05) is 6.61 Å². The lowest BCUT2D eigenvalue weighted by Crippen LogP contribution is -1.68. The van der Waals surface area contributed by atoms with Crippen LogP contribution in [0.5, 0.6) is 0 Å². The van der Waals surface area contributed by atoms with E-state index in [0.717, 1.165) is 12.2 Å². The van der Waals surface area contributed by atoms with Crippen molar-refractivity contribution >= 4 is 11.3 Å². The minimum absolute atomic E-state index is 0.298. The van der Waals surface area contributed by atoms with E-state index in [9.17, 15) is 0 Å². The fourth-order valence-electron chi connectivity index (χ4n) is 0.793. The highest BCUT2D eigenvalue weighted by molar-refractivity contribution is 7.10. The maximum Gasteiger partial charge on any atom is 0.115 e. The smallest absolute Gasteiger partial charge is 0.115 e. The van der Waals surface area contributed by atoms with Crippen LogP contribution >= 0.6 is 11.3 Å². The molecule has 1 fully saturated rings.